The summed E-state index contributed by atoms with van der Waals surface area (Å²) in [6, 6.07) is 0. The molecule has 0 unspecified atom stereocenters. The summed E-state index contributed by atoms with van der Waals surface area (Å²) in [5.74, 6) is -1.87. The summed E-state index contributed by atoms with van der Waals surface area (Å²) in [5.41, 5.74) is 0.352. The second kappa shape index (κ2) is 28.4. The molecule has 0 aliphatic carbocycles. The molecule has 0 heterocycles. The molecule has 33 heavy (non-hydrogen) atoms. The van der Waals surface area contributed by atoms with Gasteiger partial charge < -0.3 is 20.4 Å². The fourth-order valence-electron chi connectivity index (χ4n) is 2.88. The van der Waals surface area contributed by atoms with Crippen LogP contribution in [0.2, 0.25) is 0 Å². The van der Waals surface area contributed by atoms with Gasteiger partial charge in [-0.1, -0.05) is 116 Å². The van der Waals surface area contributed by atoms with E-state index in [0.29, 0.717) is 6.42 Å². The molecule has 0 aliphatic rings. The molecule has 4 N–H and O–H groups in total. The summed E-state index contributed by atoms with van der Waals surface area (Å²) in [5, 5.41) is 33.2. The average molecular weight is 473 g/mol. The number of carboxylic acids is 2. The number of aliphatic carboxylic acids is 2. The molecular weight excluding hydrogens is 420 g/mol. The second-order valence-corrected chi connectivity index (χ2v) is 8.74. The Balaban J connectivity index is -0.000000611. The second-order valence-electron chi connectivity index (χ2n) is 8.74. The van der Waals surface area contributed by atoms with E-state index in [9.17, 15) is 9.59 Å². The number of carboxylic acid groups (broad SMARTS) is 2. The average Bonchev–Trinajstić information content (AvgIpc) is 2.74. The molecule has 0 aromatic heterocycles. The number of carbonyl (C=O) groups is 2. The van der Waals surface area contributed by atoms with Crippen LogP contribution in [0, 0.1) is 0 Å². The van der Waals surface area contributed by atoms with E-state index in [0.717, 1.165) is 12.8 Å². The van der Waals surface area contributed by atoms with Crippen LogP contribution in [0.5, 0.6) is 0 Å². The van der Waals surface area contributed by atoms with Crippen molar-refractivity contribution >= 4 is 11.9 Å². The quantitative estimate of drug-likeness (QED) is 0.0894. The van der Waals surface area contributed by atoms with Gasteiger partial charge in [-0.3, -0.25) is 0 Å². The predicted octanol–water partition coefficient (Wildman–Crippen LogP) is 7.24. The first kappa shape index (κ1) is 35.9. The molecule has 0 rings (SSSR count). The number of hydrogen-bond donors (Lipinski definition) is 4. The van der Waals surface area contributed by atoms with Gasteiger partial charge in [0.1, 0.15) is 0 Å². The third kappa shape index (κ3) is 41.1. The Morgan fingerprint density at radius 2 is 0.788 bits per heavy atom. The summed E-state index contributed by atoms with van der Waals surface area (Å²) >= 11 is 0. The SMILES string of the molecule is C=C(C)C(=O)O.C=C(C)C(=O)O.CCCCCCCCCCCCCCCCCCC(O)O. The van der Waals surface area contributed by atoms with Gasteiger partial charge in [-0.15, -0.1) is 0 Å². The highest BCUT2D eigenvalue weighted by atomic mass is 16.5. The maximum atomic E-state index is 9.60. The Bertz CT molecular complexity index is 437. The minimum atomic E-state index is -1.10. The number of aliphatic hydroxyl groups is 2. The zero-order valence-corrected chi connectivity index (χ0v) is 21.6. The number of aliphatic hydroxyl groups excluding tert-OH is 1. The highest BCUT2D eigenvalue weighted by Gasteiger charge is 1.97. The Labute approximate surface area is 202 Å². The van der Waals surface area contributed by atoms with Gasteiger partial charge >= 0.3 is 11.9 Å². The largest absolute Gasteiger partial charge is 0.478 e. The molecule has 0 aliphatic heterocycles. The molecule has 0 bridgehead atoms. The lowest BCUT2D eigenvalue weighted by Gasteiger charge is -2.04. The molecule has 6 nitrogen and oxygen atoms in total. The molecule has 6 heteroatoms. The standard InChI is InChI=1S/C19H40O2.2C4H6O2/c1-2-3-4-5-6-7-8-9-10-11-12-13-14-15-16-17-18-19(20)21;2*1-3(2)4(5)6/h19-21H,2-18H2,1H3;2*1H2,2H3,(H,5,6). The maximum absolute atomic E-state index is 9.60. The minimum Gasteiger partial charge on any atom is -0.478 e. The van der Waals surface area contributed by atoms with Crippen molar-refractivity contribution in [3.8, 4) is 0 Å². The van der Waals surface area contributed by atoms with Crippen molar-refractivity contribution in [2.45, 2.75) is 136 Å². The molecule has 0 saturated heterocycles. The lowest BCUT2D eigenvalue weighted by atomic mass is 10.0. The molecule has 0 saturated carbocycles. The van der Waals surface area contributed by atoms with Gasteiger partial charge in [-0.05, 0) is 26.7 Å². The summed E-state index contributed by atoms with van der Waals surface area (Å²) in [6.07, 6.45) is 21.1. The Kier molecular flexibility index (Phi) is 30.9. The topological polar surface area (TPSA) is 115 Å². The lowest BCUT2D eigenvalue weighted by Crippen LogP contribution is -2.02. The van der Waals surface area contributed by atoms with E-state index in [-0.39, 0.29) is 11.1 Å². The Morgan fingerprint density at radius 3 is 0.970 bits per heavy atom. The van der Waals surface area contributed by atoms with Gasteiger partial charge in [-0.2, -0.15) is 0 Å². The van der Waals surface area contributed by atoms with Gasteiger partial charge in [0.15, 0.2) is 6.29 Å². The van der Waals surface area contributed by atoms with Crippen LogP contribution in [-0.2, 0) is 9.59 Å². The molecule has 0 aromatic carbocycles. The van der Waals surface area contributed by atoms with Crippen molar-refractivity contribution in [2.75, 3.05) is 0 Å². The number of hydrogen-bond acceptors (Lipinski definition) is 4. The summed E-state index contributed by atoms with van der Waals surface area (Å²) in [4.78, 5) is 19.2. The van der Waals surface area contributed by atoms with E-state index in [2.05, 4.69) is 20.1 Å². The van der Waals surface area contributed by atoms with Crippen LogP contribution in [0.25, 0.3) is 0 Å². The van der Waals surface area contributed by atoms with Crippen LogP contribution >= 0.6 is 0 Å². The van der Waals surface area contributed by atoms with Gasteiger partial charge in [-0.25, -0.2) is 9.59 Å². The summed E-state index contributed by atoms with van der Waals surface area (Å²) in [6.45, 7) is 11.5. The van der Waals surface area contributed by atoms with E-state index in [1.165, 1.54) is 104 Å². The van der Waals surface area contributed by atoms with Crippen molar-refractivity contribution in [1.82, 2.24) is 0 Å². The third-order valence-corrected chi connectivity index (χ3v) is 5.05. The van der Waals surface area contributed by atoms with E-state index >= 15 is 0 Å². The molecule has 0 aromatic rings. The third-order valence-electron chi connectivity index (χ3n) is 5.05. The first-order chi connectivity index (χ1) is 15.6. The highest BCUT2D eigenvalue weighted by molar-refractivity contribution is 5.85. The van der Waals surface area contributed by atoms with Crippen LogP contribution in [0.1, 0.15) is 130 Å². The van der Waals surface area contributed by atoms with Crippen LogP contribution in [0.15, 0.2) is 24.3 Å². The lowest BCUT2D eigenvalue weighted by molar-refractivity contribution is -0.133. The first-order valence-corrected chi connectivity index (χ1v) is 12.7. The van der Waals surface area contributed by atoms with Crippen molar-refractivity contribution < 1.29 is 30.0 Å². The van der Waals surface area contributed by atoms with Gasteiger partial charge in [0.2, 0.25) is 0 Å². The van der Waals surface area contributed by atoms with E-state index < -0.39 is 18.2 Å². The Hall–Kier alpha value is -1.66. The zero-order valence-electron chi connectivity index (χ0n) is 21.6. The van der Waals surface area contributed by atoms with E-state index in [4.69, 9.17) is 20.4 Å². The van der Waals surface area contributed by atoms with Crippen molar-refractivity contribution in [3.05, 3.63) is 24.3 Å². The monoisotopic (exact) mass is 472 g/mol. The molecule has 0 amide bonds. The normalized spacial score (nSPS) is 10.0. The van der Waals surface area contributed by atoms with Crippen molar-refractivity contribution in [3.63, 3.8) is 0 Å². The fourth-order valence-corrected chi connectivity index (χ4v) is 2.88. The summed E-state index contributed by atoms with van der Waals surface area (Å²) in [7, 11) is 0. The molecule has 196 valence electrons. The zero-order chi connectivity index (χ0) is 25.9. The van der Waals surface area contributed by atoms with Crippen molar-refractivity contribution in [2.24, 2.45) is 0 Å². The number of rotatable bonds is 19. The van der Waals surface area contributed by atoms with Gasteiger partial charge in [0.05, 0.1) is 0 Å². The van der Waals surface area contributed by atoms with Gasteiger partial charge in [0, 0.05) is 11.1 Å². The highest BCUT2D eigenvalue weighted by Crippen LogP contribution is 2.14. The minimum absolute atomic E-state index is 0.176. The van der Waals surface area contributed by atoms with Crippen LogP contribution < -0.4 is 0 Å². The maximum Gasteiger partial charge on any atom is 0.330 e. The van der Waals surface area contributed by atoms with Crippen molar-refractivity contribution in [1.29, 1.82) is 0 Å². The molecular formula is C27H52O6. The summed E-state index contributed by atoms with van der Waals surface area (Å²) < 4.78 is 0. The first-order valence-electron chi connectivity index (χ1n) is 12.7. The van der Waals surface area contributed by atoms with Crippen LogP contribution in [0.4, 0.5) is 0 Å². The molecule has 0 atom stereocenters. The fraction of sp³-hybridized carbons (Fsp3) is 0.778. The van der Waals surface area contributed by atoms with Gasteiger partial charge in [0.25, 0.3) is 0 Å². The van der Waals surface area contributed by atoms with E-state index in [1.807, 2.05) is 0 Å². The molecule has 0 radical (unpaired) electrons. The predicted molar refractivity (Wildman–Crippen MR) is 137 cm³/mol. The Morgan fingerprint density at radius 1 is 0.576 bits per heavy atom. The van der Waals surface area contributed by atoms with E-state index in [1.54, 1.807) is 0 Å². The smallest absolute Gasteiger partial charge is 0.330 e. The number of unbranched alkanes of at least 4 members (excludes halogenated alkanes) is 15. The molecule has 0 spiro atoms. The van der Waals surface area contributed by atoms with Crippen LogP contribution in [0.3, 0.4) is 0 Å². The molecule has 0 fully saturated rings. The van der Waals surface area contributed by atoms with Crippen LogP contribution in [-0.4, -0.2) is 38.7 Å².